The number of nitrogens with zero attached hydrogens (tertiary/aromatic N) is 3. The maximum atomic E-state index is 12.0. The summed E-state index contributed by atoms with van der Waals surface area (Å²) in [6.45, 7) is 0.917. The summed E-state index contributed by atoms with van der Waals surface area (Å²) >= 11 is 0. The second-order valence-corrected chi connectivity index (χ2v) is 5.46. The van der Waals surface area contributed by atoms with Crippen LogP contribution in [0.2, 0.25) is 0 Å². The van der Waals surface area contributed by atoms with Crippen molar-refractivity contribution in [3.63, 3.8) is 0 Å². The van der Waals surface area contributed by atoms with E-state index in [1.54, 1.807) is 18.3 Å². The number of aliphatic imine (C=N–C) groups is 1. The summed E-state index contributed by atoms with van der Waals surface area (Å²) < 4.78 is 0. The van der Waals surface area contributed by atoms with E-state index in [0.717, 1.165) is 13.0 Å². The fourth-order valence-corrected chi connectivity index (χ4v) is 2.54. The number of amidine groups is 1. The topological polar surface area (TPSA) is 86.9 Å². The molecule has 2 fully saturated rings. The van der Waals surface area contributed by atoms with E-state index < -0.39 is 0 Å². The van der Waals surface area contributed by atoms with Gasteiger partial charge < -0.3 is 10.5 Å². The largest absolute Gasteiger partial charge is 0.409 e. The summed E-state index contributed by atoms with van der Waals surface area (Å²) in [6, 6.07) is 3.28. The minimum atomic E-state index is -0.157. The molecule has 1 spiro atoms. The van der Waals surface area contributed by atoms with Gasteiger partial charge in [-0.25, -0.2) is 4.99 Å². The standard InChI is InChI=1S/C14H16N4O2/c19-12(11-6-14(3-4-14)9-17-11)8-16-13(18-20)10-2-1-5-15-7-10/h1-2,5,7-8,11,17,20H,3-4,6,9H2/b16-8?,18-13-/t11-/m0/s1. The molecular formula is C14H16N4O2. The van der Waals surface area contributed by atoms with Crippen LogP contribution in [0.3, 0.4) is 0 Å². The number of oxime groups is 1. The van der Waals surface area contributed by atoms with Crippen molar-refractivity contribution >= 4 is 17.8 Å². The normalized spacial score (nSPS) is 24.4. The van der Waals surface area contributed by atoms with Crippen LogP contribution in [0.15, 0.2) is 34.7 Å². The third kappa shape index (κ3) is 2.60. The second kappa shape index (κ2) is 5.13. The van der Waals surface area contributed by atoms with E-state index in [2.05, 4.69) is 20.4 Å². The predicted molar refractivity (Wildman–Crippen MR) is 74.1 cm³/mol. The first-order valence-corrected chi connectivity index (χ1v) is 6.66. The number of nitrogens with one attached hydrogen (secondary N) is 1. The molecule has 1 aliphatic carbocycles. The van der Waals surface area contributed by atoms with Crippen molar-refractivity contribution in [3.05, 3.63) is 30.1 Å². The molecule has 0 unspecified atom stereocenters. The van der Waals surface area contributed by atoms with Crippen LogP contribution in [-0.4, -0.2) is 40.6 Å². The molecule has 2 heterocycles. The van der Waals surface area contributed by atoms with Gasteiger partial charge in [0.15, 0.2) is 11.6 Å². The number of rotatable bonds is 3. The van der Waals surface area contributed by atoms with E-state index in [1.807, 2.05) is 0 Å². The Kier molecular flexibility index (Phi) is 3.31. The fourth-order valence-electron chi connectivity index (χ4n) is 2.54. The molecule has 20 heavy (non-hydrogen) atoms. The molecule has 0 bridgehead atoms. The first-order valence-electron chi connectivity index (χ1n) is 6.66. The molecule has 6 heteroatoms. The summed E-state index contributed by atoms with van der Waals surface area (Å²) in [7, 11) is 0. The lowest BCUT2D eigenvalue weighted by molar-refractivity contribution is -0.114. The highest BCUT2D eigenvalue weighted by Gasteiger charge is 2.49. The van der Waals surface area contributed by atoms with Crippen LogP contribution in [0.4, 0.5) is 0 Å². The maximum Gasteiger partial charge on any atom is 0.200 e. The number of carbonyl (C=O) groups excluding carboxylic acids is 1. The number of hydrogen-bond donors (Lipinski definition) is 2. The van der Waals surface area contributed by atoms with Gasteiger partial charge >= 0.3 is 0 Å². The molecule has 0 amide bonds. The van der Waals surface area contributed by atoms with Gasteiger partial charge in [0.25, 0.3) is 0 Å². The molecule has 1 aromatic rings. The Morgan fingerprint density at radius 3 is 3.00 bits per heavy atom. The minimum absolute atomic E-state index is 0.0705. The molecule has 0 radical (unpaired) electrons. The minimum Gasteiger partial charge on any atom is -0.409 e. The average molecular weight is 272 g/mol. The van der Waals surface area contributed by atoms with E-state index in [9.17, 15) is 4.79 Å². The third-order valence-electron chi connectivity index (χ3n) is 3.99. The summed E-state index contributed by atoms with van der Waals surface area (Å²) in [5.74, 6) is 0.0180. The zero-order valence-corrected chi connectivity index (χ0v) is 11.0. The van der Waals surface area contributed by atoms with Gasteiger partial charge in [-0.1, -0.05) is 5.16 Å². The van der Waals surface area contributed by atoms with E-state index in [-0.39, 0.29) is 17.7 Å². The molecule has 2 aliphatic rings. The first-order chi connectivity index (χ1) is 9.72. The lowest BCUT2D eigenvalue weighted by atomic mass is 10.0. The van der Waals surface area contributed by atoms with E-state index >= 15 is 0 Å². The predicted octanol–water partition coefficient (Wildman–Crippen LogP) is 0.999. The van der Waals surface area contributed by atoms with Crippen molar-refractivity contribution in [1.29, 1.82) is 0 Å². The van der Waals surface area contributed by atoms with Crippen LogP contribution in [0.1, 0.15) is 24.8 Å². The fraction of sp³-hybridized carbons (Fsp3) is 0.429. The second-order valence-electron chi connectivity index (χ2n) is 5.46. The molecule has 0 aromatic carbocycles. The lowest BCUT2D eigenvalue weighted by Gasteiger charge is -2.04. The monoisotopic (exact) mass is 272 g/mol. The molecular weight excluding hydrogens is 256 g/mol. The highest BCUT2D eigenvalue weighted by atomic mass is 16.4. The van der Waals surface area contributed by atoms with E-state index in [0.29, 0.717) is 11.0 Å². The van der Waals surface area contributed by atoms with Crippen molar-refractivity contribution < 1.29 is 10.0 Å². The van der Waals surface area contributed by atoms with Gasteiger partial charge in [-0.05, 0) is 36.8 Å². The molecule has 3 rings (SSSR count). The Morgan fingerprint density at radius 1 is 1.55 bits per heavy atom. The van der Waals surface area contributed by atoms with Gasteiger partial charge in [-0.3, -0.25) is 9.78 Å². The summed E-state index contributed by atoms with van der Waals surface area (Å²) in [6.07, 6.45) is 7.69. The lowest BCUT2D eigenvalue weighted by Crippen LogP contribution is -2.31. The highest BCUT2D eigenvalue weighted by Crippen LogP contribution is 2.51. The zero-order valence-electron chi connectivity index (χ0n) is 11.0. The Labute approximate surface area is 116 Å². The number of carbonyl (C=O) groups is 1. The van der Waals surface area contributed by atoms with Gasteiger partial charge in [0.2, 0.25) is 0 Å². The Bertz CT molecular complexity index is 564. The number of Topliss-reactive ketones (excluding diaryl/α,β-unsaturated/α-hetero) is 1. The molecule has 1 saturated carbocycles. The maximum absolute atomic E-state index is 12.0. The van der Waals surface area contributed by atoms with Crippen molar-refractivity contribution in [2.45, 2.75) is 25.3 Å². The van der Waals surface area contributed by atoms with Crippen molar-refractivity contribution in [3.8, 4) is 0 Å². The molecule has 2 N–H and O–H groups in total. The molecule has 1 saturated heterocycles. The SMILES string of the molecule is O=C(C=N/C(=N\O)c1cccnc1)[C@@H]1CC2(CC2)CN1. The van der Waals surface area contributed by atoms with Crippen LogP contribution in [0.25, 0.3) is 0 Å². The molecule has 1 atom stereocenters. The van der Waals surface area contributed by atoms with Crippen molar-refractivity contribution in [1.82, 2.24) is 10.3 Å². The van der Waals surface area contributed by atoms with Gasteiger partial charge in [0, 0.05) is 24.5 Å². The third-order valence-corrected chi connectivity index (χ3v) is 3.99. The number of hydrogen-bond acceptors (Lipinski definition) is 5. The van der Waals surface area contributed by atoms with Crippen LogP contribution in [-0.2, 0) is 4.79 Å². The average Bonchev–Trinajstić information content (AvgIpc) is 3.10. The van der Waals surface area contributed by atoms with Gasteiger partial charge in [-0.15, -0.1) is 0 Å². The number of pyridine rings is 1. The van der Waals surface area contributed by atoms with Crippen LogP contribution >= 0.6 is 0 Å². The Hall–Kier alpha value is -2.08. The van der Waals surface area contributed by atoms with Crippen molar-refractivity contribution in [2.24, 2.45) is 15.6 Å². The quantitative estimate of drug-likeness (QED) is 0.372. The highest BCUT2D eigenvalue weighted by molar-refractivity contribution is 6.32. The van der Waals surface area contributed by atoms with Gasteiger partial charge in [0.1, 0.15) is 0 Å². The first kappa shape index (κ1) is 12.9. The summed E-state index contributed by atoms with van der Waals surface area (Å²) in [5.41, 5.74) is 0.933. The Balaban J connectivity index is 1.65. The van der Waals surface area contributed by atoms with Crippen molar-refractivity contribution in [2.75, 3.05) is 6.54 Å². The van der Waals surface area contributed by atoms with Gasteiger partial charge in [-0.2, -0.15) is 0 Å². The summed E-state index contributed by atoms with van der Waals surface area (Å²) in [5, 5.41) is 15.3. The zero-order chi connectivity index (χ0) is 14.0. The summed E-state index contributed by atoms with van der Waals surface area (Å²) in [4.78, 5) is 19.9. The number of ketones is 1. The van der Waals surface area contributed by atoms with Gasteiger partial charge in [0.05, 0.1) is 12.3 Å². The number of aromatic nitrogens is 1. The van der Waals surface area contributed by atoms with E-state index in [1.165, 1.54) is 25.3 Å². The van der Waals surface area contributed by atoms with Crippen LogP contribution < -0.4 is 5.32 Å². The van der Waals surface area contributed by atoms with E-state index in [4.69, 9.17) is 5.21 Å². The molecule has 1 aliphatic heterocycles. The Morgan fingerprint density at radius 2 is 2.40 bits per heavy atom. The van der Waals surface area contributed by atoms with Crippen LogP contribution in [0, 0.1) is 5.41 Å². The van der Waals surface area contributed by atoms with Crippen LogP contribution in [0.5, 0.6) is 0 Å². The smallest absolute Gasteiger partial charge is 0.200 e. The molecule has 104 valence electrons. The molecule has 6 nitrogen and oxygen atoms in total. The molecule has 1 aromatic heterocycles.